The van der Waals surface area contributed by atoms with E-state index in [9.17, 15) is 14.0 Å². The van der Waals surface area contributed by atoms with Gasteiger partial charge < -0.3 is 10.1 Å². The van der Waals surface area contributed by atoms with Crippen LogP contribution in [0.1, 0.15) is 12.6 Å². The number of nitrogens with zero attached hydrogens (tertiary/aromatic N) is 2. The van der Waals surface area contributed by atoms with Gasteiger partial charge in [0.25, 0.3) is 11.5 Å². The molecule has 1 heterocycles. The summed E-state index contributed by atoms with van der Waals surface area (Å²) in [6.07, 6.45) is -0.906. The molecule has 3 rings (SSSR count). The zero-order valence-electron chi connectivity index (χ0n) is 15.3. The smallest absolute Gasteiger partial charge is 0.295 e. The summed E-state index contributed by atoms with van der Waals surface area (Å²) in [5, 5.41) is 2.63. The second-order valence-electron chi connectivity index (χ2n) is 6.14. The van der Waals surface area contributed by atoms with Gasteiger partial charge in [-0.1, -0.05) is 24.3 Å². The summed E-state index contributed by atoms with van der Waals surface area (Å²) in [6, 6.07) is 14.7. The van der Waals surface area contributed by atoms with Gasteiger partial charge in [0.05, 0.1) is 11.4 Å². The normalized spacial score (nSPS) is 11.9. The lowest BCUT2D eigenvalue weighted by atomic mass is 10.3. The number of ether oxygens (including phenoxy) is 1. The van der Waals surface area contributed by atoms with Crippen LogP contribution in [0.15, 0.2) is 59.4 Å². The average Bonchev–Trinajstić information content (AvgIpc) is 2.85. The van der Waals surface area contributed by atoms with E-state index in [0.29, 0.717) is 11.4 Å². The zero-order chi connectivity index (χ0) is 19.6. The minimum absolute atomic E-state index is 0.182. The van der Waals surface area contributed by atoms with E-state index in [1.165, 1.54) is 29.8 Å². The molecule has 2 aromatic carbocycles. The standard InChI is InChI=1S/C20H20FN3O3/c1-13-18(20(26)24(23(13)3)16-9-5-4-6-10-16)22-19(25)14(2)27-17-11-7-8-15(21)12-17/h4-12,14H,1-3H3,(H,22,25)/t14-/m1/s1. The van der Waals surface area contributed by atoms with Crippen molar-refractivity contribution >= 4 is 11.6 Å². The fourth-order valence-corrected chi connectivity index (χ4v) is 2.74. The Labute approximate surface area is 155 Å². The molecule has 0 radical (unpaired) electrons. The van der Waals surface area contributed by atoms with E-state index in [1.807, 2.05) is 30.3 Å². The number of nitrogens with one attached hydrogen (secondary N) is 1. The van der Waals surface area contributed by atoms with Gasteiger partial charge >= 0.3 is 0 Å². The summed E-state index contributed by atoms with van der Waals surface area (Å²) in [5.41, 5.74) is 1.14. The first kappa shape index (κ1) is 18.4. The number of benzene rings is 2. The van der Waals surface area contributed by atoms with Crippen LogP contribution in [-0.4, -0.2) is 21.4 Å². The molecule has 7 heteroatoms. The second-order valence-corrected chi connectivity index (χ2v) is 6.14. The van der Waals surface area contributed by atoms with Crippen molar-refractivity contribution in [1.82, 2.24) is 9.36 Å². The van der Waals surface area contributed by atoms with Gasteiger partial charge in [-0.3, -0.25) is 14.3 Å². The maximum absolute atomic E-state index is 13.3. The summed E-state index contributed by atoms with van der Waals surface area (Å²) in [7, 11) is 1.74. The lowest BCUT2D eigenvalue weighted by Gasteiger charge is -2.14. The van der Waals surface area contributed by atoms with Crippen molar-refractivity contribution in [1.29, 1.82) is 0 Å². The van der Waals surface area contributed by atoms with Gasteiger partial charge in [-0.15, -0.1) is 0 Å². The SMILES string of the molecule is Cc1c(NC(=O)[C@@H](C)Oc2cccc(F)c2)c(=O)n(-c2ccccc2)n1C. The molecule has 0 unspecified atom stereocenters. The number of anilines is 1. The van der Waals surface area contributed by atoms with Crippen molar-refractivity contribution in [2.75, 3.05) is 5.32 Å². The van der Waals surface area contributed by atoms with Gasteiger partial charge in [0.2, 0.25) is 0 Å². The summed E-state index contributed by atoms with van der Waals surface area (Å²) >= 11 is 0. The zero-order valence-corrected chi connectivity index (χ0v) is 15.3. The molecule has 27 heavy (non-hydrogen) atoms. The Morgan fingerprint density at radius 1 is 1.15 bits per heavy atom. The number of amides is 1. The molecule has 3 aromatic rings. The van der Waals surface area contributed by atoms with E-state index in [2.05, 4.69) is 5.32 Å². The first-order chi connectivity index (χ1) is 12.9. The Balaban J connectivity index is 1.83. The Bertz CT molecular complexity index is 1020. The number of halogens is 1. The molecule has 1 amide bonds. The second kappa shape index (κ2) is 7.49. The average molecular weight is 369 g/mol. The van der Waals surface area contributed by atoms with Gasteiger partial charge in [-0.2, -0.15) is 0 Å². The van der Waals surface area contributed by atoms with Crippen LogP contribution in [-0.2, 0) is 11.8 Å². The number of carbonyl (C=O) groups excluding carboxylic acids is 1. The molecule has 0 saturated heterocycles. The minimum Gasteiger partial charge on any atom is -0.481 e. The summed E-state index contributed by atoms with van der Waals surface area (Å²) in [5.74, 6) is -0.709. The van der Waals surface area contributed by atoms with Crippen LogP contribution in [0.2, 0.25) is 0 Å². The maximum atomic E-state index is 13.3. The van der Waals surface area contributed by atoms with Crippen LogP contribution >= 0.6 is 0 Å². The Hall–Kier alpha value is -3.35. The van der Waals surface area contributed by atoms with Crippen molar-refractivity contribution in [3.63, 3.8) is 0 Å². The molecule has 0 bridgehead atoms. The van der Waals surface area contributed by atoms with Gasteiger partial charge in [-0.05, 0) is 38.1 Å². The predicted octanol–water partition coefficient (Wildman–Crippen LogP) is 3.03. The molecule has 6 nitrogen and oxygen atoms in total. The summed E-state index contributed by atoms with van der Waals surface area (Å²) < 4.78 is 21.9. The van der Waals surface area contributed by atoms with Crippen LogP contribution in [0.25, 0.3) is 5.69 Å². The maximum Gasteiger partial charge on any atom is 0.295 e. The lowest BCUT2D eigenvalue weighted by molar-refractivity contribution is -0.122. The van der Waals surface area contributed by atoms with Crippen molar-refractivity contribution in [2.24, 2.45) is 7.05 Å². The van der Waals surface area contributed by atoms with Crippen LogP contribution in [0.5, 0.6) is 5.75 Å². The Kier molecular flexibility index (Phi) is 5.12. The fourth-order valence-electron chi connectivity index (χ4n) is 2.74. The summed E-state index contributed by atoms with van der Waals surface area (Å²) in [4.78, 5) is 25.3. The molecule has 140 valence electrons. The fraction of sp³-hybridized carbons (Fsp3) is 0.200. The van der Waals surface area contributed by atoms with Crippen LogP contribution < -0.4 is 15.6 Å². The van der Waals surface area contributed by atoms with E-state index in [1.54, 1.807) is 24.7 Å². The number of aromatic nitrogens is 2. The van der Waals surface area contributed by atoms with E-state index >= 15 is 0 Å². The molecule has 0 aliphatic heterocycles. The highest BCUT2D eigenvalue weighted by molar-refractivity contribution is 5.94. The van der Waals surface area contributed by atoms with Crippen molar-refractivity contribution < 1.29 is 13.9 Å². The van der Waals surface area contributed by atoms with Gasteiger partial charge in [-0.25, -0.2) is 9.07 Å². The van der Waals surface area contributed by atoms with E-state index in [4.69, 9.17) is 4.74 Å². The highest BCUT2D eigenvalue weighted by atomic mass is 19.1. The van der Waals surface area contributed by atoms with Crippen LogP contribution in [0, 0.1) is 12.7 Å². The number of carbonyl (C=O) groups is 1. The van der Waals surface area contributed by atoms with Gasteiger partial charge in [0, 0.05) is 13.1 Å². The molecule has 1 atom stereocenters. The van der Waals surface area contributed by atoms with Crippen molar-refractivity contribution in [3.8, 4) is 11.4 Å². The lowest BCUT2D eigenvalue weighted by Crippen LogP contribution is -2.32. The van der Waals surface area contributed by atoms with E-state index in [-0.39, 0.29) is 17.0 Å². The third kappa shape index (κ3) is 3.76. The number of hydrogen-bond acceptors (Lipinski definition) is 3. The monoisotopic (exact) mass is 369 g/mol. The van der Waals surface area contributed by atoms with Crippen LogP contribution in [0.4, 0.5) is 10.1 Å². The third-order valence-electron chi connectivity index (χ3n) is 4.28. The van der Waals surface area contributed by atoms with E-state index < -0.39 is 17.8 Å². The van der Waals surface area contributed by atoms with Crippen molar-refractivity contribution in [2.45, 2.75) is 20.0 Å². The molecular formula is C20H20FN3O3. The van der Waals surface area contributed by atoms with E-state index in [0.717, 1.165) is 0 Å². The predicted molar refractivity (Wildman–Crippen MR) is 101 cm³/mol. The molecule has 1 aromatic heterocycles. The highest BCUT2D eigenvalue weighted by Gasteiger charge is 2.22. The third-order valence-corrected chi connectivity index (χ3v) is 4.28. The topological polar surface area (TPSA) is 65.3 Å². The molecule has 1 N–H and O–H groups in total. The number of rotatable bonds is 5. The van der Waals surface area contributed by atoms with Gasteiger partial charge in [0.1, 0.15) is 17.3 Å². The Morgan fingerprint density at radius 2 is 1.85 bits per heavy atom. The largest absolute Gasteiger partial charge is 0.481 e. The minimum atomic E-state index is -0.906. The van der Waals surface area contributed by atoms with Crippen LogP contribution in [0.3, 0.4) is 0 Å². The van der Waals surface area contributed by atoms with Gasteiger partial charge in [0.15, 0.2) is 6.10 Å². The highest BCUT2D eigenvalue weighted by Crippen LogP contribution is 2.17. The van der Waals surface area contributed by atoms with Crippen molar-refractivity contribution in [3.05, 3.63) is 76.5 Å². The molecule has 0 aliphatic rings. The Morgan fingerprint density at radius 3 is 2.52 bits per heavy atom. The number of para-hydroxylation sites is 1. The quantitative estimate of drug-likeness (QED) is 0.752. The number of hydrogen-bond donors (Lipinski definition) is 1. The molecule has 0 spiro atoms. The first-order valence-corrected chi connectivity index (χ1v) is 8.45. The molecule has 0 aliphatic carbocycles. The summed E-state index contributed by atoms with van der Waals surface area (Å²) in [6.45, 7) is 3.28. The molecule has 0 fully saturated rings. The molecular weight excluding hydrogens is 349 g/mol. The molecule has 0 saturated carbocycles. The first-order valence-electron chi connectivity index (χ1n) is 8.45.